The van der Waals surface area contributed by atoms with E-state index in [4.69, 9.17) is 0 Å². The predicted octanol–water partition coefficient (Wildman–Crippen LogP) is 5.77. The molecular formula is C46H56Cl2Zr-2. The minimum absolute atomic E-state index is 0. The van der Waals surface area contributed by atoms with Crippen LogP contribution in [0.25, 0.3) is 11.1 Å². The zero-order valence-electron chi connectivity index (χ0n) is 31.2. The molecule has 260 valence electrons. The summed E-state index contributed by atoms with van der Waals surface area (Å²) in [5.74, 6) is 3.17. The summed E-state index contributed by atoms with van der Waals surface area (Å²) >= 11 is 1.51. The van der Waals surface area contributed by atoms with E-state index in [9.17, 15) is 0 Å². The van der Waals surface area contributed by atoms with Crippen molar-refractivity contribution in [2.24, 2.45) is 28.6 Å². The van der Waals surface area contributed by atoms with Crippen molar-refractivity contribution in [3.05, 3.63) is 118 Å². The molecule has 0 radical (unpaired) electrons. The number of halogens is 2. The molecule has 3 heteroatoms. The molecule has 49 heavy (non-hydrogen) atoms. The third-order valence-corrected chi connectivity index (χ3v) is 12.5. The Morgan fingerprint density at radius 3 is 1.88 bits per heavy atom. The second-order valence-corrected chi connectivity index (χ2v) is 18.8. The summed E-state index contributed by atoms with van der Waals surface area (Å²) in [6.07, 6.45) is 19.7. The average Bonchev–Trinajstić information content (AvgIpc) is 3.56. The van der Waals surface area contributed by atoms with Gasteiger partial charge in [0, 0.05) is 0 Å². The van der Waals surface area contributed by atoms with Crippen LogP contribution in [0.2, 0.25) is 0 Å². The molecular weight excluding hydrogens is 715 g/mol. The monoisotopic (exact) mass is 768 g/mol. The van der Waals surface area contributed by atoms with E-state index in [0.717, 1.165) is 30.6 Å². The Morgan fingerprint density at radius 1 is 0.796 bits per heavy atom. The Bertz CT molecular complexity index is 1570. The van der Waals surface area contributed by atoms with Crippen LogP contribution in [0, 0.1) is 40.7 Å². The zero-order valence-corrected chi connectivity index (χ0v) is 35.1. The molecule has 6 aliphatic carbocycles. The number of fused-ring (bicyclic) bond motifs is 3. The summed E-state index contributed by atoms with van der Waals surface area (Å²) in [4.78, 5) is 0. The summed E-state index contributed by atoms with van der Waals surface area (Å²) in [7, 11) is 0. The Balaban J connectivity index is 0.000000174. The number of hydrogen-bond acceptors (Lipinski definition) is 0. The van der Waals surface area contributed by atoms with Crippen molar-refractivity contribution < 1.29 is 49.0 Å². The Morgan fingerprint density at radius 2 is 1.37 bits per heavy atom. The SMILES string of the molecule is CC(C)(C)c1c[c-]c2c(c1)-c1cc(C(C)(C)C)ccc1C2.CC1=CC(C)(C23CC4CC(CC(C4)C2)C3)C=[C-]1.[Cl-].[Cl-].[Zr+2]=[CH]Cc1ccccc1. The molecule has 0 aliphatic heterocycles. The first-order valence-electron chi connectivity index (χ1n) is 18.2. The first-order chi connectivity index (χ1) is 22.2. The fourth-order valence-corrected chi connectivity index (χ4v) is 10.2. The van der Waals surface area contributed by atoms with Crippen molar-refractivity contribution in [2.75, 3.05) is 0 Å². The van der Waals surface area contributed by atoms with Crippen LogP contribution in [0.5, 0.6) is 0 Å². The van der Waals surface area contributed by atoms with Crippen molar-refractivity contribution in [2.45, 2.75) is 118 Å². The molecule has 6 aliphatic rings. The van der Waals surface area contributed by atoms with Crippen molar-refractivity contribution >= 4 is 3.71 Å². The molecule has 4 bridgehead atoms. The van der Waals surface area contributed by atoms with Crippen LogP contribution in [0.4, 0.5) is 0 Å². The van der Waals surface area contributed by atoms with E-state index >= 15 is 0 Å². The van der Waals surface area contributed by atoms with Gasteiger partial charge in [-0.2, -0.15) is 35.4 Å². The van der Waals surface area contributed by atoms with E-state index in [1.54, 1.807) is 19.3 Å². The number of hydrogen-bond donors (Lipinski definition) is 0. The van der Waals surface area contributed by atoms with Gasteiger partial charge in [0.1, 0.15) is 0 Å². The number of rotatable bonds is 3. The normalized spacial score (nSPS) is 26.9. The van der Waals surface area contributed by atoms with Gasteiger partial charge < -0.3 is 24.8 Å². The van der Waals surface area contributed by atoms with Gasteiger partial charge in [0.25, 0.3) is 0 Å². The molecule has 0 nitrogen and oxygen atoms in total. The Labute approximate surface area is 326 Å². The quantitative estimate of drug-likeness (QED) is 0.233. The summed E-state index contributed by atoms with van der Waals surface area (Å²) in [5, 5.41) is 0. The molecule has 1 atom stereocenters. The third kappa shape index (κ3) is 8.75. The van der Waals surface area contributed by atoms with Crippen LogP contribution < -0.4 is 24.8 Å². The van der Waals surface area contributed by atoms with Gasteiger partial charge in [-0.3, -0.25) is 6.08 Å². The van der Waals surface area contributed by atoms with Crippen LogP contribution in [0.3, 0.4) is 0 Å². The van der Waals surface area contributed by atoms with Crippen LogP contribution in [0.15, 0.2) is 78.4 Å². The maximum absolute atomic E-state index is 3.53. The number of allylic oxidation sites excluding steroid dienone is 4. The summed E-state index contributed by atoms with van der Waals surface area (Å²) in [6, 6.07) is 25.6. The fourth-order valence-electron chi connectivity index (χ4n) is 9.59. The van der Waals surface area contributed by atoms with E-state index in [1.165, 1.54) is 88.0 Å². The second-order valence-electron chi connectivity index (χ2n) is 17.8. The van der Waals surface area contributed by atoms with Gasteiger partial charge in [-0.05, 0) is 79.1 Å². The van der Waals surface area contributed by atoms with Gasteiger partial charge in [-0.25, -0.2) is 11.6 Å². The summed E-state index contributed by atoms with van der Waals surface area (Å²) in [6.45, 7) is 18.3. The van der Waals surface area contributed by atoms with E-state index in [1.807, 2.05) is 6.07 Å². The second kappa shape index (κ2) is 15.6. The fraction of sp³-hybridized carbons (Fsp3) is 0.500. The minimum atomic E-state index is 0. The molecule has 0 aromatic heterocycles. The van der Waals surface area contributed by atoms with Crippen LogP contribution in [0.1, 0.15) is 122 Å². The summed E-state index contributed by atoms with van der Waals surface area (Å²) in [5.41, 5.74) is 12.5. The van der Waals surface area contributed by atoms with Gasteiger partial charge >= 0.3 is 70.3 Å². The summed E-state index contributed by atoms with van der Waals surface area (Å²) < 4.78 is 2.25. The molecule has 0 amide bonds. The van der Waals surface area contributed by atoms with E-state index in [2.05, 4.69) is 138 Å². The zero-order chi connectivity index (χ0) is 33.6. The molecule has 3 aromatic carbocycles. The molecule has 0 spiro atoms. The van der Waals surface area contributed by atoms with E-state index in [-0.39, 0.29) is 35.6 Å². The first-order valence-corrected chi connectivity index (χ1v) is 19.6. The van der Waals surface area contributed by atoms with Crippen LogP contribution >= 0.6 is 0 Å². The van der Waals surface area contributed by atoms with Crippen molar-refractivity contribution in [1.29, 1.82) is 0 Å². The third-order valence-electron chi connectivity index (χ3n) is 12.0. The van der Waals surface area contributed by atoms with Crippen molar-refractivity contribution in [3.8, 4) is 11.1 Å². The molecule has 0 heterocycles. The maximum atomic E-state index is 3.53. The molecule has 4 fully saturated rings. The van der Waals surface area contributed by atoms with E-state index in [0.29, 0.717) is 10.8 Å². The van der Waals surface area contributed by atoms with Gasteiger partial charge in [0.05, 0.1) is 0 Å². The topological polar surface area (TPSA) is 0 Å². The molecule has 9 rings (SSSR count). The molecule has 1 unspecified atom stereocenters. The van der Waals surface area contributed by atoms with Crippen molar-refractivity contribution in [3.63, 3.8) is 0 Å². The Hall–Kier alpha value is -1.53. The van der Waals surface area contributed by atoms with Gasteiger partial charge in [-0.15, -0.1) is 5.56 Å². The van der Waals surface area contributed by atoms with Crippen LogP contribution in [-0.2, 0) is 47.9 Å². The molecule has 0 saturated heterocycles. The van der Waals surface area contributed by atoms with Gasteiger partial charge in [0.15, 0.2) is 0 Å². The van der Waals surface area contributed by atoms with E-state index < -0.39 is 0 Å². The van der Waals surface area contributed by atoms with Gasteiger partial charge in [0.2, 0.25) is 0 Å². The van der Waals surface area contributed by atoms with Crippen LogP contribution in [-0.4, -0.2) is 3.71 Å². The van der Waals surface area contributed by atoms with Crippen molar-refractivity contribution in [1.82, 2.24) is 0 Å². The molecule has 3 aromatic rings. The average molecular weight is 771 g/mol. The first kappa shape index (κ1) is 40.2. The van der Waals surface area contributed by atoms with Gasteiger partial charge in [-0.1, -0.05) is 95.5 Å². The molecule has 0 N–H and O–H groups in total. The standard InChI is InChI=1S/C21H25.C17H23.C8H8.2ClH.Zr/c1-20(2,3)16-9-7-14-11-15-8-10-17(21(4,5)6)13-19(15)18(14)12-16;1-12-3-4-16(2,8-12)17-9-13-5-14(10-17)7-15(6-13)11-17;1-2-8-6-4-3-5-7-8;;;/h7,9-10,12-13H,11H2,1-6H3;4,8,13-15H,5-7,9-11H2,1-2H3;1,3-7H,2H2;2*1H;/q2*-1;;;;+2/p-2. The molecule has 4 saturated carbocycles. The number of benzene rings is 3. The Kier molecular flexibility index (Phi) is 12.8. The predicted molar refractivity (Wildman–Crippen MR) is 197 cm³/mol.